The van der Waals surface area contributed by atoms with Crippen molar-refractivity contribution in [2.24, 2.45) is 0 Å². The summed E-state index contributed by atoms with van der Waals surface area (Å²) >= 11 is 0. The molecule has 27 heavy (non-hydrogen) atoms. The van der Waals surface area contributed by atoms with Gasteiger partial charge in [0.15, 0.2) is 11.2 Å². The van der Waals surface area contributed by atoms with E-state index in [2.05, 4.69) is 0 Å². The third kappa shape index (κ3) is 4.04. The van der Waals surface area contributed by atoms with Gasteiger partial charge in [0.1, 0.15) is 11.5 Å². The van der Waals surface area contributed by atoms with Crippen LogP contribution in [0.25, 0.3) is 0 Å². The van der Waals surface area contributed by atoms with E-state index in [0.29, 0.717) is 0 Å². The topological polar surface area (TPSA) is 109 Å². The van der Waals surface area contributed by atoms with Crippen molar-refractivity contribution in [3.05, 3.63) is 23.7 Å². The van der Waals surface area contributed by atoms with E-state index in [0.717, 1.165) is 0 Å². The number of ketones is 1. The molecule has 8 heteroatoms. The number of furan rings is 1. The molecule has 0 N–H and O–H groups in total. The number of hydrogen-bond donors (Lipinski definition) is 0. The van der Waals surface area contributed by atoms with Crippen LogP contribution in [0.4, 0.5) is 0 Å². The summed E-state index contributed by atoms with van der Waals surface area (Å²) in [6.45, 7) is 8.90. The standard InChI is InChI=1S/C19H26O8/c1-7-24-15(21)18(5,12(4)20)13-10-11-14(27-13)19(6,16(22)25-8-2)17(23)26-9-3/h10-11H,7-9H2,1-6H3. The summed E-state index contributed by atoms with van der Waals surface area (Å²) < 4.78 is 20.6. The Kier molecular flexibility index (Phi) is 7.33. The van der Waals surface area contributed by atoms with Gasteiger partial charge in [0, 0.05) is 0 Å². The van der Waals surface area contributed by atoms with E-state index in [1.807, 2.05) is 0 Å². The van der Waals surface area contributed by atoms with Crippen LogP contribution < -0.4 is 0 Å². The van der Waals surface area contributed by atoms with E-state index >= 15 is 0 Å². The molecule has 0 amide bonds. The number of ether oxygens (including phenoxy) is 3. The lowest BCUT2D eigenvalue weighted by atomic mass is 9.84. The molecule has 0 saturated heterocycles. The second-order valence-electron chi connectivity index (χ2n) is 6.13. The lowest BCUT2D eigenvalue weighted by Crippen LogP contribution is -2.43. The molecular weight excluding hydrogens is 356 g/mol. The van der Waals surface area contributed by atoms with E-state index in [1.54, 1.807) is 20.8 Å². The Morgan fingerprint density at radius 1 is 0.778 bits per heavy atom. The summed E-state index contributed by atoms with van der Waals surface area (Å²) in [7, 11) is 0. The first kappa shape index (κ1) is 22.4. The average molecular weight is 382 g/mol. The fourth-order valence-electron chi connectivity index (χ4n) is 2.40. The maximum atomic E-state index is 12.5. The summed E-state index contributed by atoms with van der Waals surface area (Å²) in [5.41, 5.74) is -3.59. The summed E-state index contributed by atoms with van der Waals surface area (Å²) in [6.07, 6.45) is 0. The molecule has 1 atom stereocenters. The molecule has 0 aliphatic carbocycles. The Hall–Kier alpha value is -2.64. The van der Waals surface area contributed by atoms with Crippen molar-refractivity contribution in [1.82, 2.24) is 0 Å². The van der Waals surface area contributed by atoms with Crippen LogP contribution in [0.15, 0.2) is 16.5 Å². The zero-order valence-electron chi connectivity index (χ0n) is 16.5. The van der Waals surface area contributed by atoms with Crippen LogP contribution in [0.1, 0.15) is 53.1 Å². The molecule has 0 radical (unpaired) electrons. The number of carbonyl (C=O) groups is 4. The van der Waals surface area contributed by atoms with Crippen LogP contribution >= 0.6 is 0 Å². The predicted octanol–water partition coefficient (Wildman–Crippen LogP) is 2.07. The second-order valence-corrected chi connectivity index (χ2v) is 6.13. The van der Waals surface area contributed by atoms with Gasteiger partial charge < -0.3 is 18.6 Å². The first-order valence-electron chi connectivity index (χ1n) is 8.74. The van der Waals surface area contributed by atoms with Crippen molar-refractivity contribution in [2.45, 2.75) is 52.4 Å². The average Bonchev–Trinajstić information content (AvgIpc) is 3.11. The predicted molar refractivity (Wildman–Crippen MR) is 94.0 cm³/mol. The highest BCUT2D eigenvalue weighted by molar-refractivity contribution is 6.08. The number of esters is 3. The molecule has 8 nitrogen and oxygen atoms in total. The van der Waals surface area contributed by atoms with E-state index in [9.17, 15) is 19.2 Å². The molecule has 1 rings (SSSR count). The fraction of sp³-hybridized carbons (Fsp3) is 0.579. The number of rotatable bonds is 9. The first-order valence-corrected chi connectivity index (χ1v) is 8.74. The van der Waals surface area contributed by atoms with Crippen molar-refractivity contribution in [3.8, 4) is 0 Å². The maximum Gasteiger partial charge on any atom is 0.331 e. The Bertz CT molecular complexity index is 699. The highest BCUT2D eigenvalue weighted by atomic mass is 16.6. The highest BCUT2D eigenvalue weighted by Gasteiger charge is 2.51. The molecule has 0 fully saturated rings. The molecule has 1 aromatic rings. The first-order chi connectivity index (χ1) is 12.6. The van der Waals surface area contributed by atoms with E-state index in [-0.39, 0.29) is 31.3 Å². The molecule has 0 aliphatic heterocycles. The quantitative estimate of drug-likeness (QED) is 0.363. The smallest absolute Gasteiger partial charge is 0.331 e. The van der Waals surface area contributed by atoms with Gasteiger partial charge in [-0.25, -0.2) is 0 Å². The molecule has 1 heterocycles. The Labute approximate surface area is 158 Å². The van der Waals surface area contributed by atoms with Gasteiger partial charge in [-0.2, -0.15) is 0 Å². The monoisotopic (exact) mass is 382 g/mol. The minimum absolute atomic E-state index is 0.0386. The molecule has 150 valence electrons. The van der Waals surface area contributed by atoms with Gasteiger partial charge in [-0.05, 0) is 53.7 Å². The summed E-state index contributed by atoms with van der Waals surface area (Å²) in [4.78, 5) is 49.5. The van der Waals surface area contributed by atoms with Gasteiger partial charge in [-0.15, -0.1) is 0 Å². The van der Waals surface area contributed by atoms with Crippen LogP contribution in [-0.2, 0) is 44.2 Å². The van der Waals surface area contributed by atoms with Crippen molar-refractivity contribution in [1.29, 1.82) is 0 Å². The summed E-state index contributed by atoms with van der Waals surface area (Å²) in [6, 6.07) is 2.72. The van der Waals surface area contributed by atoms with Crippen LogP contribution in [0.2, 0.25) is 0 Å². The molecule has 0 spiro atoms. The van der Waals surface area contributed by atoms with Gasteiger partial charge in [0.05, 0.1) is 19.8 Å². The van der Waals surface area contributed by atoms with Gasteiger partial charge in [-0.1, -0.05) is 0 Å². The van der Waals surface area contributed by atoms with Crippen LogP contribution in [-0.4, -0.2) is 43.5 Å². The SMILES string of the molecule is CCOC(=O)C(C)(C(C)=O)c1ccc(C(C)(C(=O)OCC)C(=O)OCC)o1. The lowest BCUT2D eigenvalue weighted by Gasteiger charge is -2.24. The Morgan fingerprint density at radius 3 is 1.44 bits per heavy atom. The largest absolute Gasteiger partial charge is 0.465 e. The molecule has 0 bridgehead atoms. The minimum atomic E-state index is -1.88. The van der Waals surface area contributed by atoms with Crippen molar-refractivity contribution in [2.75, 3.05) is 19.8 Å². The van der Waals surface area contributed by atoms with E-state index in [1.165, 1.54) is 32.9 Å². The summed E-state index contributed by atoms with van der Waals surface area (Å²) in [5, 5.41) is 0. The Balaban J connectivity index is 3.48. The van der Waals surface area contributed by atoms with Gasteiger partial charge in [0.2, 0.25) is 5.41 Å². The molecule has 0 saturated carbocycles. The van der Waals surface area contributed by atoms with Crippen molar-refractivity contribution in [3.63, 3.8) is 0 Å². The normalized spacial score (nSPS) is 13.4. The van der Waals surface area contributed by atoms with Crippen molar-refractivity contribution < 1.29 is 37.8 Å². The fourth-order valence-corrected chi connectivity index (χ4v) is 2.40. The zero-order chi connectivity index (χ0) is 20.8. The van der Waals surface area contributed by atoms with Gasteiger partial charge >= 0.3 is 17.9 Å². The zero-order valence-corrected chi connectivity index (χ0v) is 16.5. The third-order valence-corrected chi connectivity index (χ3v) is 4.35. The van der Waals surface area contributed by atoms with Crippen molar-refractivity contribution >= 4 is 23.7 Å². The van der Waals surface area contributed by atoms with E-state index < -0.39 is 34.5 Å². The molecule has 0 aliphatic rings. The maximum absolute atomic E-state index is 12.5. The van der Waals surface area contributed by atoms with Crippen LogP contribution in [0, 0.1) is 0 Å². The molecular formula is C19H26O8. The van der Waals surface area contributed by atoms with Gasteiger partial charge in [-0.3, -0.25) is 19.2 Å². The lowest BCUT2D eigenvalue weighted by molar-refractivity contribution is -0.164. The second kappa shape index (κ2) is 8.83. The van der Waals surface area contributed by atoms with Gasteiger partial charge in [0.25, 0.3) is 0 Å². The molecule has 1 unspecified atom stereocenters. The van der Waals surface area contributed by atoms with Crippen LogP contribution in [0.3, 0.4) is 0 Å². The summed E-state index contributed by atoms with van der Waals surface area (Å²) in [5.74, 6) is -3.13. The number of Topliss-reactive ketones (excluding diaryl/α,β-unsaturated/α-hetero) is 1. The van der Waals surface area contributed by atoms with Crippen LogP contribution in [0.5, 0.6) is 0 Å². The molecule has 1 aromatic heterocycles. The molecule has 0 aromatic carbocycles. The third-order valence-electron chi connectivity index (χ3n) is 4.35. The Morgan fingerprint density at radius 2 is 1.11 bits per heavy atom. The van der Waals surface area contributed by atoms with E-state index in [4.69, 9.17) is 18.6 Å². The number of carbonyl (C=O) groups excluding carboxylic acids is 4. The number of hydrogen-bond acceptors (Lipinski definition) is 8. The highest BCUT2D eigenvalue weighted by Crippen LogP contribution is 2.34. The minimum Gasteiger partial charge on any atom is -0.465 e.